The largest absolute Gasteiger partial charge is 0.457 e. The van der Waals surface area contributed by atoms with E-state index < -0.39 is 0 Å². The lowest BCUT2D eigenvalue weighted by molar-refractivity contribution is -0.142. The predicted molar refractivity (Wildman–Crippen MR) is 97.8 cm³/mol. The van der Waals surface area contributed by atoms with Gasteiger partial charge in [-0.2, -0.15) is 0 Å². The first-order chi connectivity index (χ1) is 12.1. The molecule has 128 valence electrons. The number of aryl methyl sites for hydroxylation is 1. The van der Waals surface area contributed by atoms with Crippen molar-refractivity contribution in [3.8, 4) is 0 Å². The summed E-state index contributed by atoms with van der Waals surface area (Å²) < 4.78 is 5.22. The number of hydrogen-bond acceptors (Lipinski definition) is 3. The molecule has 4 nitrogen and oxygen atoms in total. The maximum Gasteiger partial charge on any atom is 0.306 e. The molecule has 1 atom stereocenters. The number of nitrogens with one attached hydrogen (secondary N) is 1. The molecule has 0 aliphatic carbocycles. The Kier molecular flexibility index (Phi) is 4.98. The summed E-state index contributed by atoms with van der Waals surface area (Å²) >= 11 is 0. The van der Waals surface area contributed by atoms with Gasteiger partial charge in [-0.25, -0.2) is 0 Å². The molecule has 1 N–H and O–H groups in total. The molecule has 0 radical (unpaired) electrons. The van der Waals surface area contributed by atoms with Crippen LogP contribution in [-0.4, -0.2) is 23.3 Å². The van der Waals surface area contributed by atoms with Gasteiger partial charge in [0.25, 0.3) is 0 Å². The van der Waals surface area contributed by atoms with Crippen LogP contribution in [0.25, 0.3) is 10.9 Å². The summed E-state index contributed by atoms with van der Waals surface area (Å²) in [5.74, 6) is -0.489. The first-order valence-electron chi connectivity index (χ1n) is 8.37. The molecular weight excluding hydrogens is 314 g/mol. The number of esters is 1. The van der Waals surface area contributed by atoms with E-state index in [1.54, 1.807) is 0 Å². The molecular formula is C21H21NO3. The van der Waals surface area contributed by atoms with E-state index in [0.717, 1.165) is 22.2 Å². The lowest BCUT2D eigenvalue weighted by Gasteiger charge is -2.11. The monoisotopic (exact) mass is 335 g/mol. The summed E-state index contributed by atoms with van der Waals surface area (Å²) in [7, 11) is 0. The van der Waals surface area contributed by atoms with Crippen molar-refractivity contribution in [1.29, 1.82) is 0 Å². The fourth-order valence-electron chi connectivity index (χ4n) is 3.06. The fourth-order valence-corrected chi connectivity index (χ4v) is 3.06. The van der Waals surface area contributed by atoms with E-state index in [9.17, 15) is 9.59 Å². The Morgan fingerprint density at radius 1 is 1.04 bits per heavy atom. The minimum atomic E-state index is -0.359. The van der Waals surface area contributed by atoms with Crippen molar-refractivity contribution in [1.82, 2.24) is 4.98 Å². The van der Waals surface area contributed by atoms with E-state index in [1.165, 1.54) is 0 Å². The number of H-pyrrole nitrogens is 1. The number of ketones is 1. The molecule has 25 heavy (non-hydrogen) atoms. The minimum Gasteiger partial charge on any atom is -0.457 e. The van der Waals surface area contributed by atoms with E-state index in [-0.39, 0.29) is 30.7 Å². The van der Waals surface area contributed by atoms with E-state index in [2.05, 4.69) is 4.98 Å². The SMILES string of the molecule is Cc1[nH]c2ccccc2c1C(=O)COC(=O)CC(C)c1ccccc1. The van der Waals surface area contributed by atoms with Crippen molar-refractivity contribution in [2.75, 3.05) is 6.61 Å². The normalized spacial score (nSPS) is 12.1. The van der Waals surface area contributed by atoms with E-state index in [4.69, 9.17) is 4.74 Å². The molecule has 0 amide bonds. The van der Waals surface area contributed by atoms with Crippen LogP contribution in [-0.2, 0) is 9.53 Å². The van der Waals surface area contributed by atoms with Crippen LogP contribution in [0.2, 0.25) is 0 Å². The van der Waals surface area contributed by atoms with Gasteiger partial charge in [-0.3, -0.25) is 9.59 Å². The lowest BCUT2D eigenvalue weighted by Crippen LogP contribution is -2.16. The minimum absolute atomic E-state index is 0.0543. The Labute approximate surface area is 146 Å². The summed E-state index contributed by atoms with van der Waals surface area (Å²) in [5.41, 5.74) is 3.38. The van der Waals surface area contributed by atoms with Crippen molar-refractivity contribution < 1.29 is 14.3 Å². The molecule has 2 aromatic carbocycles. The van der Waals surface area contributed by atoms with Gasteiger partial charge in [-0.1, -0.05) is 55.5 Å². The van der Waals surface area contributed by atoms with Gasteiger partial charge in [0, 0.05) is 22.2 Å². The number of aromatic amines is 1. The standard InChI is InChI=1S/C21H21NO3/c1-14(16-8-4-3-5-9-16)12-20(24)25-13-19(23)21-15(2)22-18-11-7-6-10-17(18)21/h3-11,14,22H,12-13H2,1-2H3. The molecule has 0 saturated heterocycles. The molecule has 3 rings (SSSR count). The smallest absolute Gasteiger partial charge is 0.306 e. The Balaban J connectivity index is 1.62. The highest BCUT2D eigenvalue weighted by Crippen LogP contribution is 2.23. The first-order valence-corrected chi connectivity index (χ1v) is 8.37. The highest BCUT2D eigenvalue weighted by Gasteiger charge is 2.18. The van der Waals surface area contributed by atoms with Crippen molar-refractivity contribution in [2.24, 2.45) is 0 Å². The second kappa shape index (κ2) is 7.34. The maximum absolute atomic E-state index is 12.5. The molecule has 0 spiro atoms. The molecule has 0 saturated carbocycles. The van der Waals surface area contributed by atoms with Gasteiger partial charge in [0.1, 0.15) is 0 Å². The number of Topliss-reactive ketones (excluding diaryl/α,β-unsaturated/α-hetero) is 1. The van der Waals surface area contributed by atoms with Gasteiger partial charge in [0.15, 0.2) is 6.61 Å². The van der Waals surface area contributed by atoms with Gasteiger partial charge in [-0.15, -0.1) is 0 Å². The molecule has 1 heterocycles. The molecule has 1 aromatic heterocycles. The highest BCUT2D eigenvalue weighted by molar-refractivity contribution is 6.10. The fraction of sp³-hybridized carbons (Fsp3) is 0.238. The summed E-state index contributed by atoms with van der Waals surface area (Å²) in [6, 6.07) is 17.4. The quantitative estimate of drug-likeness (QED) is 0.537. The molecule has 0 bridgehead atoms. The lowest BCUT2D eigenvalue weighted by atomic mass is 9.98. The third-order valence-corrected chi connectivity index (χ3v) is 4.38. The number of ether oxygens (including phenoxy) is 1. The Morgan fingerprint density at radius 2 is 1.72 bits per heavy atom. The van der Waals surface area contributed by atoms with Crippen LogP contribution in [0.4, 0.5) is 0 Å². The zero-order valence-corrected chi connectivity index (χ0v) is 14.4. The Bertz CT molecular complexity index is 896. The first kappa shape index (κ1) is 17.0. The molecule has 0 fully saturated rings. The van der Waals surface area contributed by atoms with E-state index >= 15 is 0 Å². The van der Waals surface area contributed by atoms with Crippen molar-refractivity contribution in [3.05, 3.63) is 71.4 Å². The molecule has 4 heteroatoms. The maximum atomic E-state index is 12.5. The number of rotatable bonds is 6. The van der Waals surface area contributed by atoms with Crippen LogP contribution >= 0.6 is 0 Å². The van der Waals surface area contributed by atoms with Crippen LogP contribution in [0, 0.1) is 6.92 Å². The molecule has 0 aliphatic rings. The molecule has 1 unspecified atom stereocenters. The number of hydrogen-bond donors (Lipinski definition) is 1. The van der Waals surface area contributed by atoms with E-state index in [0.29, 0.717) is 5.56 Å². The van der Waals surface area contributed by atoms with Gasteiger partial charge >= 0.3 is 5.97 Å². The average molecular weight is 335 g/mol. The number of benzene rings is 2. The van der Waals surface area contributed by atoms with E-state index in [1.807, 2.05) is 68.4 Å². The summed E-state index contributed by atoms with van der Waals surface area (Å²) in [6.45, 7) is 3.60. The number of aromatic nitrogens is 1. The van der Waals surface area contributed by atoms with Crippen LogP contribution in [0.15, 0.2) is 54.6 Å². The van der Waals surface area contributed by atoms with Crippen LogP contribution in [0.1, 0.15) is 40.9 Å². The second-order valence-corrected chi connectivity index (χ2v) is 6.27. The van der Waals surface area contributed by atoms with Gasteiger partial charge in [0.05, 0.1) is 6.42 Å². The van der Waals surface area contributed by atoms with Crippen molar-refractivity contribution >= 4 is 22.7 Å². The topological polar surface area (TPSA) is 59.2 Å². The van der Waals surface area contributed by atoms with Crippen molar-refractivity contribution in [3.63, 3.8) is 0 Å². The molecule has 0 aliphatic heterocycles. The van der Waals surface area contributed by atoms with Crippen LogP contribution < -0.4 is 0 Å². The third kappa shape index (κ3) is 3.79. The van der Waals surface area contributed by atoms with Crippen LogP contribution in [0.5, 0.6) is 0 Å². The summed E-state index contributed by atoms with van der Waals surface area (Å²) in [5, 5.41) is 0.860. The number of para-hydroxylation sites is 1. The van der Waals surface area contributed by atoms with Gasteiger partial charge in [-0.05, 0) is 24.5 Å². The molecule has 3 aromatic rings. The zero-order valence-electron chi connectivity index (χ0n) is 14.4. The number of fused-ring (bicyclic) bond motifs is 1. The van der Waals surface area contributed by atoms with Crippen molar-refractivity contribution in [2.45, 2.75) is 26.2 Å². The Hall–Kier alpha value is -2.88. The summed E-state index contributed by atoms with van der Waals surface area (Å²) in [4.78, 5) is 27.8. The van der Waals surface area contributed by atoms with Gasteiger partial charge < -0.3 is 9.72 Å². The number of carbonyl (C=O) groups is 2. The third-order valence-electron chi connectivity index (χ3n) is 4.38. The average Bonchev–Trinajstić information content (AvgIpc) is 2.96. The second-order valence-electron chi connectivity index (χ2n) is 6.27. The van der Waals surface area contributed by atoms with Gasteiger partial charge in [0.2, 0.25) is 5.78 Å². The van der Waals surface area contributed by atoms with Crippen LogP contribution in [0.3, 0.4) is 0 Å². The predicted octanol–water partition coefficient (Wildman–Crippen LogP) is 4.40. The highest BCUT2D eigenvalue weighted by atomic mass is 16.5. The summed E-state index contributed by atoms with van der Waals surface area (Å²) in [6.07, 6.45) is 0.254. The zero-order chi connectivity index (χ0) is 17.8. The number of carbonyl (C=O) groups excluding carboxylic acids is 2. The Morgan fingerprint density at radius 3 is 2.48 bits per heavy atom.